The molecule has 1 fully saturated rings. The van der Waals surface area contributed by atoms with E-state index in [0.717, 1.165) is 0 Å². The number of nitrogens with zero attached hydrogens (tertiary/aromatic N) is 1. The molecular formula is C12H15NO3. The molecule has 16 heavy (non-hydrogen) atoms. The Bertz CT molecular complexity index is 373. The minimum Gasteiger partial charge on any atom is -0.481 e. The van der Waals surface area contributed by atoms with Gasteiger partial charge in [0.05, 0.1) is 24.8 Å². The molecule has 1 aromatic rings. The molecule has 0 amide bonds. The van der Waals surface area contributed by atoms with Crippen LogP contribution in [0.2, 0.25) is 0 Å². The predicted molar refractivity (Wildman–Crippen MR) is 58.2 cm³/mol. The molecule has 1 atom stereocenters. The zero-order chi connectivity index (χ0) is 11.6. The van der Waals surface area contributed by atoms with Crippen molar-refractivity contribution < 1.29 is 14.6 Å². The average molecular weight is 221 g/mol. The van der Waals surface area contributed by atoms with Gasteiger partial charge in [-0.05, 0) is 18.6 Å². The number of carbonyl (C=O) groups is 1. The van der Waals surface area contributed by atoms with Crippen molar-refractivity contribution in [2.45, 2.75) is 19.3 Å². The molecule has 0 saturated carbocycles. The molecule has 1 aromatic heterocycles. The Labute approximate surface area is 94.3 Å². The first-order valence-corrected chi connectivity index (χ1v) is 5.32. The Balaban J connectivity index is 2.15. The highest BCUT2D eigenvalue weighted by Gasteiger charge is 2.38. The van der Waals surface area contributed by atoms with Gasteiger partial charge in [-0.1, -0.05) is 13.0 Å². The molecule has 1 aliphatic rings. The molecule has 1 unspecified atom stereocenters. The SMILES string of the molecule is CC1(CC(C(=O)O)c2ccccn2)COC1. The lowest BCUT2D eigenvalue weighted by molar-refractivity contribution is -0.145. The standard InChI is InChI=1S/C12H15NO3/c1-12(7-16-8-12)6-9(11(14)15)10-4-2-3-5-13-10/h2-5,9H,6-8H2,1H3,(H,14,15). The number of aliphatic carboxylic acids is 1. The third kappa shape index (κ3) is 2.22. The van der Waals surface area contributed by atoms with E-state index in [4.69, 9.17) is 4.74 Å². The minimum atomic E-state index is -0.813. The summed E-state index contributed by atoms with van der Waals surface area (Å²) in [6, 6.07) is 5.37. The van der Waals surface area contributed by atoms with Gasteiger partial charge < -0.3 is 9.84 Å². The van der Waals surface area contributed by atoms with Gasteiger partial charge in [-0.3, -0.25) is 9.78 Å². The van der Waals surface area contributed by atoms with E-state index in [1.54, 1.807) is 18.3 Å². The summed E-state index contributed by atoms with van der Waals surface area (Å²) in [7, 11) is 0. The number of rotatable bonds is 4. The fraction of sp³-hybridized carbons (Fsp3) is 0.500. The number of hydrogen-bond acceptors (Lipinski definition) is 3. The van der Waals surface area contributed by atoms with Crippen LogP contribution in [0.3, 0.4) is 0 Å². The molecule has 0 aromatic carbocycles. The number of hydrogen-bond donors (Lipinski definition) is 1. The van der Waals surface area contributed by atoms with Crippen LogP contribution in [0.5, 0.6) is 0 Å². The Morgan fingerprint density at radius 1 is 1.62 bits per heavy atom. The number of carboxylic acid groups (broad SMARTS) is 1. The highest BCUT2D eigenvalue weighted by atomic mass is 16.5. The summed E-state index contributed by atoms with van der Waals surface area (Å²) in [5.41, 5.74) is 0.615. The molecular weight excluding hydrogens is 206 g/mol. The molecule has 2 heterocycles. The Hall–Kier alpha value is -1.42. The highest BCUT2D eigenvalue weighted by Crippen LogP contribution is 2.37. The van der Waals surface area contributed by atoms with Crippen molar-refractivity contribution in [1.29, 1.82) is 0 Å². The molecule has 0 spiro atoms. The van der Waals surface area contributed by atoms with Gasteiger partial charge >= 0.3 is 5.97 Å². The second kappa shape index (κ2) is 4.22. The Morgan fingerprint density at radius 2 is 2.38 bits per heavy atom. The van der Waals surface area contributed by atoms with E-state index in [-0.39, 0.29) is 5.41 Å². The van der Waals surface area contributed by atoms with Crippen LogP contribution in [0.15, 0.2) is 24.4 Å². The maximum Gasteiger partial charge on any atom is 0.312 e. The molecule has 86 valence electrons. The van der Waals surface area contributed by atoms with Crippen LogP contribution in [0.25, 0.3) is 0 Å². The Morgan fingerprint density at radius 3 is 2.81 bits per heavy atom. The smallest absolute Gasteiger partial charge is 0.312 e. The number of aromatic nitrogens is 1. The highest BCUT2D eigenvalue weighted by molar-refractivity contribution is 5.75. The fourth-order valence-electron chi connectivity index (χ4n) is 1.96. The first-order valence-electron chi connectivity index (χ1n) is 5.32. The van der Waals surface area contributed by atoms with Crippen LogP contribution in [0, 0.1) is 5.41 Å². The molecule has 0 aliphatic carbocycles. The summed E-state index contributed by atoms with van der Waals surface area (Å²) >= 11 is 0. The summed E-state index contributed by atoms with van der Waals surface area (Å²) in [5.74, 6) is -1.35. The van der Waals surface area contributed by atoms with E-state index in [0.29, 0.717) is 25.3 Å². The van der Waals surface area contributed by atoms with Crippen LogP contribution in [-0.2, 0) is 9.53 Å². The van der Waals surface area contributed by atoms with Crippen LogP contribution in [0.1, 0.15) is 25.0 Å². The second-order valence-electron chi connectivity index (χ2n) is 4.65. The monoisotopic (exact) mass is 221 g/mol. The van der Waals surface area contributed by atoms with E-state index < -0.39 is 11.9 Å². The molecule has 4 heteroatoms. The normalized spacial score (nSPS) is 19.8. The van der Waals surface area contributed by atoms with Gasteiger partial charge in [0, 0.05) is 11.6 Å². The summed E-state index contributed by atoms with van der Waals surface area (Å²) in [6.45, 7) is 3.34. The summed E-state index contributed by atoms with van der Waals surface area (Å²) in [4.78, 5) is 15.4. The molecule has 4 nitrogen and oxygen atoms in total. The van der Waals surface area contributed by atoms with Crippen LogP contribution in [-0.4, -0.2) is 29.3 Å². The summed E-state index contributed by atoms with van der Waals surface area (Å²) in [5, 5.41) is 9.23. The zero-order valence-corrected chi connectivity index (χ0v) is 9.22. The third-order valence-corrected chi connectivity index (χ3v) is 2.94. The molecule has 2 rings (SSSR count). The van der Waals surface area contributed by atoms with Gasteiger partial charge in [-0.25, -0.2) is 0 Å². The fourth-order valence-corrected chi connectivity index (χ4v) is 1.96. The quantitative estimate of drug-likeness (QED) is 0.840. The predicted octanol–water partition coefficient (Wildman–Crippen LogP) is 1.68. The lowest BCUT2D eigenvalue weighted by Gasteiger charge is -2.39. The van der Waals surface area contributed by atoms with E-state index in [2.05, 4.69) is 11.9 Å². The molecule has 1 N–H and O–H groups in total. The van der Waals surface area contributed by atoms with Gasteiger partial charge in [0.1, 0.15) is 0 Å². The first kappa shape index (κ1) is 11.1. The van der Waals surface area contributed by atoms with Gasteiger partial charge in [-0.15, -0.1) is 0 Å². The average Bonchev–Trinajstić information content (AvgIpc) is 2.24. The molecule has 1 saturated heterocycles. The van der Waals surface area contributed by atoms with Crippen molar-refractivity contribution in [3.63, 3.8) is 0 Å². The van der Waals surface area contributed by atoms with E-state index in [9.17, 15) is 9.90 Å². The Kier molecular flexibility index (Phi) is 2.92. The van der Waals surface area contributed by atoms with Gasteiger partial charge in [0.25, 0.3) is 0 Å². The number of carboxylic acids is 1. The van der Waals surface area contributed by atoms with Crippen molar-refractivity contribution >= 4 is 5.97 Å². The number of pyridine rings is 1. The van der Waals surface area contributed by atoms with Crippen LogP contribution in [0.4, 0.5) is 0 Å². The minimum absolute atomic E-state index is 0.0133. The van der Waals surface area contributed by atoms with Gasteiger partial charge in [-0.2, -0.15) is 0 Å². The largest absolute Gasteiger partial charge is 0.481 e. The summed E-state index contributed by atoms with van der Waals surface area (Å²) < 4.78 is 5.14. The van der Waals surface area contributed by atoms with Crippen molar-refractivity contribution in [2.24, 2.45) is 5.41 Å². The van der Waals surface area contributed by atoms with Crippen molar-refractivity contribution in [2.75, 3.05) is 13.2 Å². The third-order valence-electron chi connectivity index (χ3n) is 2.94. The van der Waals surface area contributed by atoms with Crippen molar-refractivity contribution in [1.82, 2.24) is 4.98 Å². The van der Waals surface area contributed by atoms with Crippen LogP contribution >= 0.6 is 0 Å². The number of ether oxygens (including phenoxy) is 1. The molecule has 0 bridgehead atoms. The van der Waals surface area contributed by atoms with Gasteiger partial charge in [0.15, 0.2) is 0 Å². The van der Waals surface area contributed by atoms with Crippen LogP contribution < -0.4 is 0 Å². The lowest BCUT2D eigenvalue weighted by Crippen LogP contribution is -2.41. The maximum absolute atomic E-state index is 11.2. The van der Waals surface area contributed by atoms with Gasteiger partial charge in [0.2, 0.25) is 0 Å². The lowest BCUT2D eigenvalue weighted by atomic mass is 9.78. The molecule has 0 radical (unpaired) electrons. The van der Waals surface area contributed by atoms with E-state index in [1.165, 1.54) is 0 Å². The second-order valence-corrected chi connectivity index (χ2v) is 4.65. The summed E-state index contributed by atoms with van der Waals surface area (Å²) in [6.07, 6.45) is 2.21. The topological polar surface area (TPSA) is 59.4 Å². The maximum atomic E-state index is 11.2. The molecule has 1 aliphatic heterocycles. The van der Waals surface area contributed by atoms with Crippen molar-refractivity contribution in [3.05, 3.63) is 30.1 Å². The van der Waals surface area contributed by atoms with Crippen molar-refractivity contribution in [3.8, 4) is 0 Å². The van der Waals surface area contributed by atoms with E-state index in [1.807, 2.05) is 6.07 Å². The zero-order valence-electron chi connectivity index (χ0n) is 9.22. The first-order chi connectivity index (χ1) is 7.61. The van der Waals surface area contributed by atoms with E-state index >= 15 is 0 Å².